The van der Waals surface area contributed by atoms with Crippen molar-refractivity contribution in [1.82, 2.24) is 5.01 Å². The maximum Gasteiger partial charge on any atom is 0.129 e. The second-order valence-corrected chi connectivity index (χ2v) is 2.61. The van der Waals surface area contributed by atoms with E-state index < -0.39 is 0 Å². The molecule has 0 fully saturated rings. The summed E-state index contributed by atoms with van der Waals surface area (Å²) in [5, 5.41) is 8.24. The van der Waals surface area contributed by atoms with E-state index >= 15 is 0 Å². The van der Waals surface area contributed by atoms with E-state index in [4.69, 9.17) is 0 Å². The number of fused-ring (bicyclic) bond motifs is 1. The van der Waals surface area contributed by atoms with Crippen molar-refractivity contribution < 1.29 is 0 Å². The number of rotatable bonds is 0. The Labute approximate surface area is 51.6 Å². The van der Waals surface area contributed by atoms with Crippen molar-refractivity contribution in [1.29, 1.82) is 0 Å². The highest BCUT2D eigenvalue weighted by atomic mass is 32.2. The molecule has 8 heavy (non-hydrogen) atoms. The average molecular weight is 124 g/mol. The molecule has 0 bridgehead atoms. The van der Waals surface area contributed by atoms with E-state index in [2.05, 4.69) is 11.0 Å². The van der Waals surface area contributed by atoms with Gasteiger partial charge in [0.15, 0.2) is 0 Å². The quantitative estimate of drug-likeness (QED) is 0.478. The van der Waals surface area contributed by atoms with E-state index in [-0.39, 0.29) is 0 Å². The van der Waals surface area contributed by atoms with Gasteiger partial charge in [-0.3, -0.25) is 0 Å². The van der Waals surface area contributed by atoms with E-state index in [0.29, 0.717) is 5.37 Å². The molecule has 0 saturated carbocycles. The fourth-order valence-electron chi connectivity index (χ4n) is 0.695. The van der Waals surface area contributed by atoms with Gasteiger partial charge in [0.05, 0.1) is 0 Å². The van der Waals surface area contributed by atoms with Crippen molar-refractivity contribution in [3.05, 3.63) is 17.7 Å². The van der Waals surface area contributed by atoms with Crippen molar-refractivity contribution in [2.45, 2.75) is 5.37 Å². The Morgan fingerprint density at radius 2 is 2.75 bits per heavy atom. The van der Waals surface area contributed by atoms with Crippen LogP contribution in [0.4, 0.5) is 0 Å². The summed E-state index contributed by atoms with van der Waals surface area (Å²) in [4.78, 5) is 0. The first kappa shape index (κ1) is 4.24. The highest BCUT2D eigenvalue weighted by Gasteiger charge is 2.18. The molecule has 2 heterocycles. The molecule has 2 aliphatic rings. The molecule has 40 valence electrons. The Kier molecular flexibility index (Phi) is 0.745. The van der Waals surface area contributed by atoms with Gasteiger partial charge in [0.25, 0.3) is 0 Å². The lowest BCUT2D eigenvalue weighted by atomic mass is 10.6. The fourth-order valence-corrected chi connectivity index (χ4v) is 1.43. The topological polar surface area (TPSA) is 15.6 Å². The predicted molar refractivity (Wildman–Crippen MR) is 34.4 cm³/mol. The van der Waals surface area contributed by atoms with Crippen LogP contribution in [0.1, 0.15) is 0 Å². The van der Waals surface area contributed by atoms with Crippen molar-refractivity contribution in [2.75, 3.05) is 0 Å². The second-order valence-electron chi connectivity index (χ2n) is 1.59. The third-order valence-electron chi connectivity index (χ3n) is 1.08. The van der Waals surface area contributed by atoms with Gasteiger partial charge in [0.1, 0.15) is 5.37 Å². The van der Waals surface area contributed by atoms with Gasteiger partial charge in [-0.05, 0) is 5.41 Å². The maximum atomic E-state index is 3.92. The Morgan fingerprint density at radius 3 is 3.62 bits per heavy atom. The number of nitrogens with zero attached hydrogens (tertiary/aromatic N) is 2. The fraction of sp³-hybridized carbons (Fsp3) is 0.200. The molecule has 0 aromatic rings. The molecule has 0 amide bonds. The molecule has 1 atom stereocenters. The molecule has 0 aromatic carbocycles. The zero-order chi connectivity index (χ0) is 5.40. The van der Waals surface area contributed by atoms with Crippen molar-refractivity contribution >= 4 is 17.6 Å². The summed E-state index contributed by atoms with van der Waals surface area (Å²) in [6, 6.07) is 0. The Morgan fingerprint density at radius 1 is 1.75 bits per heavy atom. The van der Waals surface area contributed by atoms with Gasteiger partial charge in [-0.25, -0.2) is 5.01 Å². The number of hydrogen-bond donors (Lipinski definition) is 0. The lowest BCUT2D eigenvalue weighted by Crippen LogP contribution is -2.11. The van der Waals surface area contributed by atoms with Crippen LogP contribution in [0.3, 0.4) is 0 Å². The lowest BCUT2D eigenvalue weighted by Gasteiger charge is -2.07. The van der Waals surface area contributed by atoms with Gasteiger partial charge in [0.2, 0.25) is 0 Å². The van der Waals surface area contributed by atoms with Crippen molar-refractivity contribution in [3.63, 3.8) is 0 Å². The first-order valence-corrected chi connectivity index (χ1v) is 3.31. The molecule has 3 heteroatoms. The van der Waals surface area contributed by atoms with E-state index in [1.807, 2.05) is 22.7 Å². The summed E-state index contributed by atoms with van der Waals surface area (Å²) >= 11 is 1.75. The zero-order valence-electron chi connectivity index (χ0n) is 4.11. The Balaban J connectivity index is 2.31. The van der Waals surface area contributed by atoms with Crippen LogP contribution in [-0.4, -0.2) is 16.3 Å². The summed E-state index contributed by atoms with van der Waals surface area (Å²) in [7, 11) is 0. The minimum atomic E-state index is 0.412. The molecule has 0 radical (unpaired) electrons. The molecule has 1 unspecified atom stereocenters. The minimum Gasteiger partial charge on any atom is -0.246 e. The van der Waals surface area contributed by atoms with E-state index in [9.17, 15) is 0 Å². The summed E-state index contributed by atoms with van der Waals surface area (Å²) in [5.74, 6) is 2.78. The highest BCUT2D eigenvalue weighted by molar-refractivity contribution is 8.03. The molecule has 0 aromatic heterocycles. The minimum absolute atomic E-state index is 0.412. The van der Waals surface area contributed by atoms with Crippen LogP contribution in [0.15, 0.2) is 22.8 Å². The second kappa shape index (κ2) is 1.41. The molecule has 0 aliphatic carbocycles. The molecule has 2 rings (SSSR count). The van der Waals surface area contributed by atoms with Gasteiger partial charge in [-0.1, -0.05) is 0 Å². The first-order chi connectivity index (χ1) is 3.97. The van der Waals surface area contributed by atoms with Crippen LogP contribution >= 0.6 is 11.8 Å². The number of hydrazone groups is 1. The van der Waals surface area contributed by atoms with Gasteiger partial charge >= 0.3 is 0 Å². The molecule has 2 nitrogen and oxygen atoms in total. The molecule has 0 saturated heterocycles. The van der Waals surface area contributed by atoms with Gasteiger partial charge < -0.3 is 0 Å². The van der Waals surface area contributed by atoms with Crippen molar-refractivity contribution in [3.8, 4) is 0 Å². The van der Waals surface area contributed by atoms with Crippen LogP contribution in [0.5, 0.6) is 0 Å². The van der Waals surface area contributed by atoms with Crippen LogP contribution in [0.2, 0.25) is 0 Å². The van der Waals surface area contributed by atoms with Gasteiger partial charge in [-0.15, -0.1) is 16.9 Å². The largest absolute Gasteiger partial charge is 0.246 e. The SMILES string of the molecule is C1=CC2SC=CN2N=1. The monoisotopic (exact) mass is 124 g/mol. The molecule has 0 spiro atoms. The third-order valence-corrected chi connectivity index (χ3v) is 1.99. The van der Waals surface area contributed by atoms with Crippen LogP contribution in [0.25, 0.3) is 0 Å². The Hall–Kier alpha value is -0.660. The average Bonchev–Trinajstić information content (AvgIpc) is 2.15. The summed E-state index contributed by atoms with van der Waals surface area (Å²) in [5.41, 5.74) is 0. The van der Waals surface area contributed by atoms with E-state index in [1.165, 1.54) is 0 Å². The molecular weight excluding hydrogens is 120 g/mol. The van der Waals surface area contributed by atoms with Crippen molar-refractivity contribution in [2.24, 2.45) is 5.10 Å². The van der Waals surface area contributed by atoms with Gasteiger partial charge in [0, 0.05) is 18.1 Å². The molecular formula is C5H4N2S. The van der Waals surface area contributed by atoms with Crippen LogP contribution < -0.4 is 0 Å². The summed E-state index contributed by atoms with van der Waals surface area (Å²) in [6.07, 6.45) is 3.90. The van der Waals surface area contributed by atoms with Crippen LogP contribution in [-0.2, 0) is 0 Å². The normalized spacial score (nSPS) is 30.0. The van der Waals surface area contributed by atoms with E-state index in [1.54, 1.807) is 11.8 Å². The van der Waals surface area contributed by atoms with Gasteiger partial charge in [-0.2, -0.15) is 0 Å². The van der Waals surface area contributed by atoms with Crippen LogP contribution in [0, 0.1) is 0 Å². The predicted octanol–water partition coefficient (Wildman–Crippen LogP) is 0.987. The third kappa shape index (κ3) is 0.427. The molecule has 2 aliphatic heterocycles. The smallest absolute Gasteiger partial charge is 0.129 e. The Bertz CT molecular complexity index is 191. The standard InChI is InChI=1S/C5H4N2S/c1-2-6-7-3-4-8-5(1)7/h1,3-5H. The summed E-state index contributed by atoms with van der Waals surface area (Å²) < 4.78 is 0. The number of thioether (sulfide) groups is 1. The molecule has 0 N–H and O–H groups in total. The summed E-state index contributed by atoms with van der Waals surface area (Å²) in [6.45, 7) is 0. The lowest BCUT2D eigenvalue weighted by molar-refractivity contribution is 0.442. The van der Waals surface area contributed by atoms with E-state index in [0.717, 1.165) is 0 Å². The number of hydrogen-bond acceptors (Lipinski definition) is 3. The highest BCUT2D eigenvalue weighted by Crippen LogP contribution is 2.27. The first-order valence-electron chi connectivity index (χ1n) is 2.37. The maximum absolute atomic E-state index is 3.92. The zero-order valence-corrected chi connectivity index (χ0v) is 4.93.